The Hall–Kier alpha value is -1.07. The molecule has 0 aliphatic carbocycles. The first-order chi connectivity index (χ1) is 9.31. The van der Waals surface area contributed by atoms with Crippen LogP contribution in [0.1, 0.15) is 43.9 Å². The van der Waals surface area contributed by atoms with Crippen molar-refractivity contribution >= 4 is 0 Å². The molecule has 2 N–H and O–H groups in total. The second-order valence-corrected chi connectivity index (χ2v) is 5.18. The summed E-state index contributed by atoms with van der Waals surface area (Å²) in [6.45, 7) is 4.46. The molecule has 2 unspecified atom stereocenters. The van der Waals surface area contributed by atoms with Crippen LogP contribution in [0.4, 0.5) is 13.2 Å². The first kappa shape index (κ1) is 17.0. The molecule has 0 aromatic heterocycles. The lowest BCUT2D eigenvalue weighted by Crippen LogP contribution is -2.37. The summed E-state index contributed by atoms with van der Waals surface area (Å²) in [4.78, 5) is 2.05. The zero-order valence-electron chi connectivity index (χ0n) is 12.2. The first-order valence-corrected chi connectivity index (χ1v) is 6.90. The highest BCUT2D eigenvalue weighted by atomic mass is 19.4. The van der Waals surface area contributed by atoms with E-state index in [2.05, 4.69) is 18.7 Å². The molecule has 20 heavy (non-hydrogen) atoms. The Morgan fingerprint density at radius 2 is 1.95 bits per heavy atom. The molecule has 0 aliphatic heterocycles. The van der Waals surface area contributed by atoms with Gasteiger partial charge in [-0.1, -0.05) is 25.5 Å². The molecule has 0 saturated heterocycles. The molecule has 1 aromatic carbocycles. The van der Waals surface area contributed by atoms with Gasteiger partial charge in [0.15, 0.2) is 0 Å². The molecule has 0 saturated carbocycles. The lowest BCUT2D eigenvalue weighted by atomic mass is 10.0. The Bertz CT molecular complexity index is 418. The van der Waals surface area contributed by atoms with Gasteiger partial charge in [0.05, 0.1) is 5.56 Å². The fourth-order valence-corrected chi connectivity index (χ4v) is 2.39. The summed E-state index contributed by atoms with van der Waals surface area (Å²) in [6, 6.07) is 5.53. The second-order valence-electron chi connectivity index (χ2n) is 5.18. The number of hydrogen-bond donors (Lipinski definition) is 1. The van der Waals surface area contributed by atoms with Crippen molar-refractivity contribution in [3.8, 4) is 0 Å². The van der Waals surface area contributed by atoms with Crippen LogP contribution >= 0.6 is 0 Å². The molecule has 1 aromatic rings. The fraction of sp³-hybridized carbons (Fsp3) is 0.600. The minimum Gasteiger partial charge on any atom is -0.329 e. The monoisotopic (exact) mass is 288 g/mol. The maximum atomic E-state index is 12.8. The minimum atomic E-state index is -4.32. The molecular weight excluding hydrogens is 265 g/mol. The molecule has 1 rings (SSSR count). The van der Waals surface area contributed by atoms with E-state index in [0.717, 1.165) is 18.9 Å². The molecule has 114 valence electrons. The van der Waals surface area contributed by atoms with E-state index >= 15 is 0 Å². The number of nitrogens with zero attached hydrogens (tertiary/aromatic N) is 1. The molecule has 0 radical (unpaired) electrons. The fourth-order valence-electron chi connectivity index (χ4n) is 2.39. The van der Waals surface area contributed by atoms with E-state index in [1.54, 1.807) is 6.07 Å². The van der Waals surface area contributed by atoms with Gasteiger partial charge in [-0.25, -0.2) is 0 Å². The molecule has 0 bridgehead atoms. The predicted octanol–water partition coefficient (Wildman–Crippen LogP) is 3.83. The van der Waals surface area contributed by atoms with Crippen molar-refractivity contribution < 1.29 is 13.2 Å². The predicted molar refractivity (Wildman–Crippen MR) is 75.4 cm³/mol. The Morgan fingerprint density at radius 1 is 1.30 bits per heavy atom. The Balaban J connectivity index is 3.01. The molecule has 2 atom stereocenters. The zero-order valence-corrected chi connectivity index (χ0v) is 12.2. The third kappa shape index (κ3) is 4.21. The van der Waals surface area contributed by atoms with E-state index in [0.29, 0.717) is 12.1 Å². The summed E-state index contributed by atoms with van der Waals surface area (Å²) < 4.78 is 38.3. The zero-order chi connectivity index (χ0) is 15.3. The average Bonchev–Trinajstić information content (AvgIpc) is 2.39. The van der Waals surface area contributed by atoms with E-state index in [1.807, 2.05) is 7.05 Å². The van der Waals surface area contributed by atoms with E-state index in [4.69, 9.17) is 5.73 Å². The van der Waals surface area contributed by atoms with Crippen LogP contribution in [0.5, 0.6) is 0 Å². The first-order valence-electron chi connectivity index (χ1n) is 6.90. The number of hydrogen-bond acceptors (Lipinski definition) is 2. The van der Waals surface area contributed by atoms with Gasteiger partial charge in [-0.2, -0.15) is 13.2 Å². The number of halogens is 3. The van der Waals surface area contributed by atoms with Gasteiger partial charge in [-0.15, -0.1) is 0 Å². The van der Waals surface area contributed by atoms with E-state index in [1.165, 1.54) is 12.1 Å². The van der Waals surface area contributed by atoms with Gasteiger partial charge in [-0.3, -0.25) is 4.90 Å². The van der Waals surface area contributed by atoms with Crippen molar-refractivity contribution in [1.29, 1.82) is 0 Å². The largest absolute Gasteiger partial charge is 0.416 e. The molecule has 0 fully saturated rings. The van der Waals surface area contributed by atoms with Crippen molar-refractivity contribution in [3.63, 3.8) is 0 Å². The molecule has 0 spiro atoms. The summed E-state index contributed by atoms with van der Waals surface area (Å²) in [7, 11) is 1.91. The maximum Gasteiger partial charge on any atom is 0.416 e. The molecule has 2 nitrogen and oxygen atoms in total. The summed E-state index contributed by atoms with van der Waals surface area (Å²) in [5.74, 6) is 0. The van der Waals surface area contributed by atoms with Crippen molar-refractivity contribution in [1.82, 2.24) is 4.90 Å². The highest BCUT2D eigenvalue weighted by Gasteiger charge is 2.31. The van der Waals surface area contributed by atoms with Gasteiger partial charge in [0.1, 0.15) is 0 Å². The summed E-state index contributed by atoms with van der Waals surface area (Å²) in [5.41, 5.74) is 5.77. The van der Waals surface area contributed by atoms with Gasteiger partial charge >= 0.3 is 6.18 Å². The average molecular weight is 288 g/mol. The minimum absolute atomic E-state index is 0.196. The maximum absolute atomic E-state index is 12.8. The van der Waals surface area contributed by atoms with Crippen molar-refractivity contribution in [2.75, 3.05) is 13.6 Å². The van der Waals surface area contributed by atoms with Gasteiger partial charge < -0.3 is 5.73 Å². The molecule has 0 aliphatic rings. The molecule has 0 amide bonds. The number of likely N-dealkylation sites (N-methyl/N-ethyl adjacent to an activating group) is 1. The quantitative estimate of drug-likeness (QED) is 0.862. The Labute approximate surface area is 118 Å². The highest BCUT2D eigenvalue weighted by molar-refractivity contribution is 5.28. The second kappa shape index (κ2) is 7.09. The van der Waals surface area contributed by atoms with Crippen LogP contribution in [-0.2, 0) is 6.18 Å². The van der Waals surface area contributed by atoms with Crippen LogP contribution in [0.15, 0.2) is 24.3 Å². The number of rotatable bonds is 6. The highest BCUT2D eigenvalue weighted by Crippen LogP contribution is 2.32. The number of nitrogens with two attached hydrogens (primary N) is 1. The van der Waals surface area contributed by atoms with E-state index < -0.39 is 11.7 Å². The Kier molecular flexibility index (Phi) is 6.02. The summed E-state index contributed by atoms with van der Waals surface area (Å²) in [6.07, 6.45) is -2.29. The van der Waals surface area contributed by atoms with E-state index in [9.17, 15) is 13.2 Å². The van der Waals surface area contributed by atoms with Crippen LogP contribution in [0.2, 0.25) is 0 Å². The van der Waals surface area contributed by atoms with Crippen LogP contribution in [0.25, 0.3) is 0 Å². The lowest BCUT2D eigenvalue weighted by Gasteiger charge is -2.33. The molecule has 0 heterocycles. The Morgan fingerprint density at radius 3 is 2.45 bits per heavy atom. The smallest absolute Gasteiger partial charge is 0.329 e. The molecule has 5 heteroatoms. The SMILES string of the molecule is CCCC(C)N(C)C(CN)c1cccc(C(F)(F)F)c1. The van der Waals surface area contributed by atoms with Crippen molar-refractivity contribution in [2.45, 2.75) is 44.9 Å². The normalized spacial score (nSPS) is 15.4. The van der Waals surface area contributed by atoms with Gasteiger partial charge in [0, 0.05) is 18.6 Å². The van der Waals surface area contributed by atoms with Gasteiger partial charge in [0.2, 0.25) is 0 Å². The van der Waals surface area contributed by atoms with Gasteiger partial charge in [0.25, 0.3) is 0 Å². The molecular formula is C15H23F3N2. The summed E-state index contributed by atoms with van der Waals surface area (Å²) in [5, 5.41) is 0. The number of benzene rings is 1. The van der Waals surface area contributed by atoms with Crippen LogP contribution in [0.3, 0.4) is 0 Å². The lowest BCUT2D eigenvalue weighted by molar-refractivity contribution is -0.137. The van der Waals surface area contributed by atoms with Gasteiger partial charge in [-0.05, 0) is 38.1 Å². The standard InChI is InChI=1S/C15H23F3N2/c1-4-6-11(2)20(3)14(10-19)12-7-5-8-13(9-12)15(16,17)18/h5,7-9,11,14H,4,6,10,19H2,1-3H3. The van der Waals surface area contributed by atoms with Crippen LogP contribution in [0, 0.1) is 0 Å². The van der Waals surface area contributed by atoms with Crippen LogP contribution < -0.4 is 5.73 Å². The third-order valence-electron chi connectivity index (χ3n) is 3.72. The topological polar surface area (TPSA) is 29.3 Å². The third-order valence-corrected chi connectivity index (χ3v) is 3.72. The van der Waals surface area contributed by atoms with Crippen molar-refractivity contribution in [2.24, 2.45) is 5.73 Å². The number of alkyl halides is 3. The van der Waals surface area contributed by atoms with Crippen LogP contribution in [-0.4, -0.2) is 24.5 Å². The van der Waals surface area contributed by atoms with E-state index in [-0.39, 0.29) is 12.1 Å². The van der Waals surface area contributed by atoms with Crippen molar-refractivity contribution in [3.05, 3.63) is 35.4 Å². The summed E-state index contributed by atoms with van der Waals surface area (Å²) >= 11 is 0.